The lowest BCUT2D eigenvalue weighted by molar-refractivity contribution is -0.148. The number of carboxylic acids is 1. The van der Waals surface area contributed by atoms with Gasteiger partial charge in [-0.2, -0.15) is 0 Å². The van der Waals surface area contributed by atoms with Gasteiger partial charge in [0, 0.05) is 13.1 Å². The number of amides is 4. The van der Waals surface area contributed by atoms with Gasteiger partial charge < -0.3 is 14.9 Å². The number of aliphatic carboxylic acids is 1. The lowest BCUT2D eigenvalue weighted by Crippen LogP contribution is -2.61. The molecule has 0 bridgehead atoms. The van der Waals surface area contributed by atoms with Crippen LogP contribution in [-0.2, 0) is 14.4 Å². The number of carboxylic acid groups (broad SMARTS) is 1. The summed E-state index contributed by atoms with van der Waals surface area (Å²) < 4.78 is 0. The molecule has 8 nitrogen and oxygen atoms in total. The van der Waals surface area contributed by atoms with Gasteiger partial charge in [0.25, 0.3) is 0 Å². The summed E-state index contributed by atoms with van der Waals surface area (Å²) >= 11 is 0. The molecular formula is C13H19N3O5. The smallest absolute Gasteiger partial charge is 0.321 e. The van der Waals surface area contributed by atoms with Crippen LogP contribution in [0.25, 0.3) is 0 Å². The summed E-state index contributed by atoms with van der Waals surface area (Å²) in [5, 5.41) is 11.5. The molecule has 2 aliphatic rings. The molecule has 2 atom stereocenters. The molecule has 2 heterocycles. The Morgan fingerprint density at radius 3 is 2.62 bits per heavy atom. The van der Waals surface area contributed by atoms with Crippen molar-refractivity contribution in [1.29, 1.82) is 0 Å². The van der Waals surface area contributed by atoms with Crippen LogP contribution in [0, 0.1) is 5.41 Å². The summed E-state index contributed by atoms with van der Waals surface area (Å²) in [5.74, 6) is -1.95. The van der Waals surface area contributed by atoms with Crippen LogP contribution in [0.2, 0.25) is 0 Å². The zero-order valence-electron chi connectivity index (χ0n) is 12.1. The number of carbonyl (C=O) groups is 4. The van der Waals surface area contributed by atoms with E-state index in [1.165, 1.54) is 9.80 Å². The number of hydrogen-bond acceptors (Lipinski definition) is 4. The lowest BCUT2D eigenvalue weighted by atomic mass is 9.84. The van der Waals surface area contributed by atoms with Crippen LogP contribution in [0.5, 0.6) is 0 Å². The first-order chi connectivity index (χ1) is 9.80. The molecule has 0 saturated carbocycles. The van der Waals surface area contributed by atoms with E-state index in [1.807, 2.05) is 0 Å². The Morgan fingerprint density at radius 2 is 2.10 bits per heavy atom. The number of nitrogens with one attached hydrogen (secondary N) is 1. The molecule has 2 aliphatic heterocycles. The Hall–Kier alpha value is -2.12. The number of likely N-dealkylation sites (tertiary alicyclic amines) is 1. The lowest BCUT2D eigenvalue weighted by Gasteiger charge is -2.35. The molecule has 21 heavy (non-hydrogen) atoms. The third-order valence-electron chi connectivity index (χ3n) is 4.42. The van der Waals surface area contributed by atoms with Gasteiger partial charge in [-0.3, -0.25) is 19.7 Å². The predicted molar refractivity (Wildman–Crippen MR) is 71.3 cm³/mol. The third-order valence-corrected chi connectivity index (χ3v) is 4.42. The van der Waals surface area contributed by atoms with Crippen molar-refractivity contribution < 1.29 is 24.3 Å². The van der Waals surface area contributed by atoms with Gasteiger partial charge in [-0.05, 0) is 19.8 Å². The highest BCUT2D eigenvalue weighted by molar-refractivity contribution is 6.03. The molecule has 0 radical (unpaired) electrons. The van der Waals surface area contributed by atoms with Crippen molar-refractivity contribution in [3.05, 3.63) is 0 Å². The molecule has 2 N–H and O–H groups in total. The molecule has 116 valence electrons. The quantitative estimate of drug-likeness (QED) is 0.677. The van der Waals surface area contributed by atoms with E-state index in [9.17, 15) is 24.3 Å². The van der Waals surface area contributed by atoms with Gasteiger partial charge in [-0.1, -0.05) is 6.92 Å². The SMILES string of the molecule is CCC1(C(=O)O)CCN(C(=O)N2CC(=O)NC(=O)C2C)C1. The normalized spacial score (nSPS) is 29.5. The first kappa shape index (κ1) is 15.3. The van der Waals surface area contributed by atoms with Crippen LogP contribution in [0.3, 0.4) is 0 Å². The van der Waals surface area contributed by atoms with E-state index in [1.54, 1.807) is 13.8 Å². The zero-order chi connectivity index (χ0) is 15.8. The first-order valence-corrected chi connectivity index (χ1v) is 6.93. The predicted octanol–water partition coefficient (Wildman–Crippen LogP) is -0.360. The number of rotatable bonds is 2. The molecule has 2 unspecified atom stereocenters. The van der Waals surface area contributed by atoms with E-state index in [0.29, 0.717) is 19.4 Å². The number of carbonyl (C=O) groups excluding carboxylic acids is 3. The van der Waals surface area contributed by atoms with Crippen LogP contribution in [0.15, 0.2) is 0 Å². The van der Waals surface area contributed by atoms with Gasteiger partial charge in [-0.25, -0.2) is 4.79 Å². The third kappa shape index (κ3) is 2.57. The minimum atomic E-state index is -0.930. The van der Waals surface area contributed by atoms with E-state index < -0.39 is 35.3 Å². The van der Waals surface area contributed by atoms with Crippen molar-refractivity contribution >= 4 is 23.8 Å². The first-order valence-electron chi connectivity index (χ1n) is 6.93. The number of hydrogen-bond donors (Lipinski definition) is 2. The van der Waals surface area contributed by atoms with Crippen molar-refractivity contribution in [3.8, 4) is 0 Å². The zero-order valence-corrected chi connectivity index (χ0v) is 12.1. The second-order valence-electron chi connectivity index (χ2n) is 5.61. The van der Waals surface area contributed by atoms with Crippen LogP contribution in [-0.4, -0.2) is 64.4 Å². The maximum absolute atomic E-state index is 12.5. The Kier molecular flexibility index (Phi) is 3.89. The molecule has 0 aromatic carbocycles. The fourth-order valence-electron chi connectivity index (χ4n) is 2.78. The minimum absolute atomic E-state index is 0.108. The number of nitrogens with zero attached hydrogens (tertiary/aromatic N) is 2. The Labute approximate surface area is 122 Å². The summed E-state index contributed by atoms with van der Waals surface area (Å²) in [6, 6.07) is -1.20. The van der Waals surface area contributed by atoms with Crippen molar-refractivity contribution in [2.75, 3.05) is 19.6 Å². The Balaban J connectivity index is 2.12. The van der Waals surface area contributed by atoms with Gasteiger partial charge in [0.05, 0.1) is 5.41 Å². The highest BCUT2D eigenvalue weighted by atomic mass is 16.4. The molecule has 0 aliphatic carbocycles. The van der Waals surface area contributed by atoms with Crippen molar-refractivity contribution in [3.63, 3.8) is 0 Å². The molecule has 2 saturated heterocycles. The van der Waals surface area contributed by atoms with Crippen LogP contribution in [0.1, 0.15) is 26.7 Å². The highest BCUT2D eigenvalue weighted by Gasteiger charge is 2.47. The molecule has 0 aromatic heterocycles. The van der Waals surface area contributed by atoms with E-state index in [-0.39, 0.29) is 13.1 Å². The topological polar surface area (TPSA) is 107 Å². The number of piperazine rings is 1. The molecule has 4 amide bonds. The van der Waals surface area contributed by atoms with E-state index in [0.717, 1.165) is 0 Å². The molecule has 8 heteroatoms. The molecule has 0 aromatic rings. The Morgan fingerprint density at radius 1 is 1.43 bits per heavy atom. The molecule has 2 rings (SSSR count). The standard InChI is InChI=1S/C13H19N3O5/c1-3-13(11(19)20)4-5-15(7-13)12(21)16-6-9(17)14-10(18)8(16)2/h8H,3-7H2,1-2H3,(H,19,20)(H,14,17,18). The summed E-state index contributed by atoms with van der Waals surface area (Å²) in [5.41, 5.74) is -0.930. The van der Waals surface area contributed by atoms with E-state index in [4.69, 9.17) is 0 Å². The fourth-order valence-corrected chi connectivity index (χ4v) is 2.78. The van der Waals surface area contributed by atoms with Gasteiger partial charge in [0.15, 0.2) is 0 Å². The van der Waals surface area contributed by atoms with Crippen LogP contribution < -0.4 is 5.32 Å². The van der Waals surface area contributed by atoms with Gasteiger partial charge in [-0.15, -0.1) is 0 Å². The second-order valence-corrected chi connectivity index (χ2v) is 5.61. The van der Waals surface area contributed by atoms with Crippen molar-refractivity contribution in [2.24, 2.45) is 5.41 Å². The van der Waals surface area contributed by atoms with E-state index in [2.05, 4.69) is 5.32 Å². The summed E-state index contributed by atoms with van der Waals surface area (Å²) in [6.45, 7) is 3.56. The van der Waals surface area contributed by atoms with Crippen LogP contribution >= 0.6 is 0 Å². The minimum Gasteiger partial charge on any atom is -0.481 e. The second kappa shape index (κ2) is 5.34. The van der Waals surface area contributed by atoms with E-state index >= 15 is 0 Å². The maximum atomic E-state index is 12.5. The summed E-state index contributed by atoms with van der Waals surface area (Å²) in [4.78, 5) is 49.4. The average molecular weight is 297 g/mol. The average Bonchev–Trinajstić information content (AvgIpc) is 2.88. The molecular weight excluding hydrogens is 278 g/mol. The number of urea groups is 1. The monoisotopic (exact) mass is 297 g/mol. The molecule has 2 fully saturated rings. The fraction of sp³-hybridized carbons (Fsp3) is 0.692. The van der Waals surface area contributed by atoms with Gasteiger partial charge in [0.2, 0.25) is 11.8 Å². The summed E-state index contributed by atoms with van der Waals surface area (Å²) in [6.07, 6.45) is 0.814. The van der Waals surface area contributed by atoms with Crippen molar-refractivity contribution in [2.45, 2.75) is 32.7 Å². The van der Waals surface area contributed by atoms with Gasteiger partial charge >= 0.3 is 12.0 Å². The summed E-state index contributed by atoms with van der Waals surface area (Å²) in [7, 11) is 0. The van der Waals surface area contributed by atoms with Gasteiger partial charge in [0.1, 0.15) is 12.6 Å². The van der Waals surface area contributed by atoms with Crippen molar-refractivity contribution in [1.82, 2.24) is 15.1 Å². The maximum Gasteiger partial charge on any atom is 0.321 e. The number of imide groups is 1. The largest absolute Gasteiger partial charge is 0.481 e. The Bertz CT molecular complexity index is 506. The van der Waals surface area contributed by atoms with Crippen LogP contribution in [0.4, 0.5) is 4.79 Å². The highest BCUT2D eigenvalue weighted by Crippen LogP contribution is 2.34. The molecule has 0 spiro atoms.